The molecule has 8 heteroatoms. The molecule has 2 aliphatic rings. The zero-order chi connectivity index (χ0) is 27.7. The second kappa shape index (κ2) is 13.2. The molecule has 2 aliphatic heterocycles. The summed E-state index contributed by atoms with van der Waals surface area (Å²) >= 11 is 0. The molecule has 1 atom stereocenters. The molecule has 1 aromatic rings. The molecule has 7 nitrogen and oxygen atoms in total. The van der Waals surface area contributed by atoms with Crippen LogP contribution in [0, 0.1) is 0 Å². The minimum absolute atomic E-state index is 0.593. The van der Waals surface area contributed by atoms with E-state index in [9.17, 15) is 9.59 Å². The summed E-state index contributed by atoms with van der Waals surface area (Å²) in [5.41, 5.74) is -1.82. The molecular weight excluding hydrogens is 501 g/mol. The van der Waals surface area contributed by atoms with E-state index < -0.39 is 36.4 Å². The van der Waals surface area contributed by atoms with Crippen LogP contribution in [0.1, 0.15) is 129 Å². The third-order valence-electron chi connectivity index (χ3n) is 7.42. The molecule has 1 unspecified atom stereocenters. The predicted octanol–water partition coefficient (Wildman–Crippen LogP) is 8.28. The van der Waals surface area contributed by atoms with Gasteiger partial charge in [-0.3, -0.25) is 0 Å². The fourth-order valence-corrected chi connectivity index (χ4v) is 9.83. The maximum absolute atomic E-state index is 12.9. The summed E-state index contributed by atoms with van der Waals surface area (Å²) in [6.07, 6.45) is 16.7. The average Bonchev–Trinajstić information content (AvgIpc) is 3.19. The Balaban J connectivity index is 1.55. The van der Waals surface area contributed by atoms with Crippen LogP contribution in [-0.2, 0) is 27.7 Å². The summed E-state index contributed by atoms with van der Waals surface area (Å²) in [5.74, 6) is -1.93. The van der Waals surface area contributed by atoms with Crippen LogP contribution in [0.5, 0.6) is 0 Å². The number of rotatable bonds is 17. The van der Waals surface area contributed by atoms with Crippen LogP contribution >= 0.6 is 7.51 Å². The molecular formula is C30H50NO6P. The van der Waals surface area contributed by atoms with E-state index in [1.807, 2.05) is 30.3 Å². The first-order valence-electron chi connectivity index (χ1n) is 14.8. The molecule has 1 spiro atoms. The Kier molecular flexibility index (Phi) is 10.8. The minimum atomic E-state index is -4.71. The molecule has 38 heavy (non-hydrogen) atoms. The van der Waals surface area contributed by atoms with E-state index in [-0.39, 0.29) is 0 Å². The zero-order valence-electron chi connectivity index (χ0n) is 24.3. The molecule has 2 saturated heterocycles. The Morgan fingerprint density at radius 1 is 0.684 bits per heavy atom. The van der Waals surface area contributed by atoms with E-state index in [2.05, 4.69) is 12.2 Å². The van der Waals surface area contributed by atoms with Crippen molar-refractivity contribution in [2.45, 2.75) is 135 Å². The molecule has 2 fully saturated rings. The maximum atomic E-state index is 12.9. The third kappa shape index (κ3) is 7.35. The van der Waals surface area contributed by atoms with Crippen molar-refractivity contribution in [3.05, 3.63) is 35.9 Å². The van der Waals surface area contributed by atoms with E-state index >= 15 is 0 Å². The van der Waals surface area contributed by atoms with Gasteiger partial charge in [-0.1, -0.05) is 32.6 Å². The average molecular weight is 552 g/mol. The topological polar surface area (TPSA) is 83.1 Å². The van der Waals surface area contributed by atoms with Gasteiger partial charge in [0.2, 0.25) is 0 Å². The Morgan fingerprint density at radius 2 is 1.11 bits per heavy atom. The van der Waals surface area contributed by atoms with E-state index in [1.165, 1.54) is 70.6 Å². The number of nitrogens with one attached hydrogen (secondary N) is 1. The molecule has 2 heterocycles. The van der Waals surface area contributed by atoms with Crippen molar-refractivity contribution in [2.75, 3.05) is 6.54 Å². The molecule has 1 aromatic carbocycles. The first kappa shape index (κ1) is 31.0. The monoisotopic (exact) mass is 551 g/mol. The van der Waals surface area contributed by atoms with Gasteiger partial charge in [0.05, 0.1) is 0 Å². The van der Waals surface area contributed by atoms with Crippen LogP contribution < -0.4 is 5.32 Å². The number of carbonyl (C=O) groups excluding carboxylic acids is 2. The Morgan fingerprint density at radius 3 is 1.50 bits per heavy atom. The molecule has 0 amide bonds. The summed E-state index contributed by atoms with van der Waals surface area (Å²) in [6.45, 7) is 9.39. The molecule has 0 saturated carbocycles. The number of hydrogen-bond acceptors (Lipinski definition) is 7. The van der Waals surface area contributed by atoms with Gasteiger partial charge in [-0.05, 0) is 0 Å². The summed E-state index contributed by atoms with van der Waals surface area (Å²) in [4.78, 5) is 25.8. The quantitative estimate of drug-likeness (QED) is 0.154. The van der Waals surface area contributed by atoms with Crippen LogP contribution in [0.4, 0.5) is 0 Å². The van der Waals surface area contributed by atoms with Gasteiger partial charge in [-0.2, -0.15) is 0 Å². The number of carbonyl (C=O) groups is 2. The van der Waals surface area contributed by atoms with Crippen molar-refractivity contribution < 1.29 is 27.7 Å². The van der Waals surface area contributed by atoms with Gasteiger partial charge in [0.25, 0.3) is 0 Å². The van der Waals surface area contributed by atoms with Crippen molar-refractivity contribution in [2.24, 2.45) is 0 Å². The van der Waals surface area contributed by atoms with Crippen molar-refractivity contribution in [1.29, 1.82) is 0 Å². The number of benzene rings is 1. The van der Waals surface area contributed by atoms with E-state index in [0.29, 0.717) is 6.54 Å². The summed E-state index contributed by atoms with van der Waals surface area (Å²) in [6, 6.07) is 9.53. The van der Waals surface area contributed by atoms with Crippen molar-refractivity contribution >= 4 is 19.4 Å². The van der Waals surface area contributed by atoms with Crippen molar-refractivity contribution in [3.8, 4) is 0 Å². The molecule has 0 aliphatic carbocycles. The molecule has 0 bridgehead atoms. The van der Waals surface area contributed by atoms with E-state index in [0.717, 1.165) is 18.4 Å². The predicted molar refractivity (Wildman–Crippen MR) is 152 cm³/mol. The molecule has 3 rings (SSSR count). The zero-order valence-corrected chi connectivity index (χ0v) is 25.2. The number of hydrogen-bond donors (Lipinski definition) is 1. The fraction of sp³-hybridized carbons (Fsp3) is 0.733. The molecule has 0 aromatic heterocycles. The summed E-state index contributed by atoms with van der Waals surface area (Å²) in [7, 11) is -4.71. The molecule has 0 radical (unpaired) electrons. The van der Waals surface area contributed by atoms with Crippen LogP contribution in [0.3, 0.4) is 0 Å². The van der Waals surface area contributed by atoms with Gasteiger partial charge in [-0.25, -0.2) is 0 Å². The van der Waals surface area contributed by atoms with Gasteiger partial charge in [0, 0.05) is 0 Å². The van der Waals surface area contributed by atoms with Crippen LogP contribution in [-0.4, -0.2) is 29.7 Å². The third-order valence-corrected chi connectivity index (χ3v) is 11.3. The normalized spacial score (nSPS) is 22.5. The van der Waals surface area contributed by atoms with Gasteiger partial charge >= 0.3 is 197 Å². The number of unbranched alkanes of at least 4 members (excludes halogenated alkanes) is 12. The molecule has 1 N–H and O–H groups in total. The Hall–Kier alpha value is -1.53. The Bertz CT molecular complexity index is 883. The van der Waals surface area contributed by atoms with Gasteiger partial charge < -0.3 is 0 Å². The summed E-state index contributed by atoms with van der Waals surface area (Å²) in [5, 5.41) is 3.51. The summed E-state index contributed by atoms with van der Waals surface area (Å²) < 4.78 is 24.5. The van der Waals surface area contributed by atoms with Gasteiger partial charge in [0.15, 0.2) is 0 Å². The fourth-order valence-electron chi connectivity index (χ4n) is 5.27. The first-order chi connectivity index (χ1) is 18.0. The molecule has 216 valence electrons. The van der Waals surface area contributed by atoms with Gasteiger partial charge in [-0.15, -0.1) is 0 Å². The standard InChI is InChI=1S/C30H50NO6P/c1-6-7-8-9-10-11-12-13-14-15-16-17-21-24-31-26(25-22-19-18-20-23-25)38(34-27(32)29(2,3)36-38)35-28(33)30(4,5)37-38/h18-20,22-23,26,31H,6-17,21,24H2,1-5H3. The second-order valence-electron chi connectivity index (χ2n) is 11.8. The van der Waals surface area contributed by atoms with Crippen LogP contribution in [0.2, 0.25) is 0 Å². The van der Waals surface area contributed by atoms with E-state index in [1.54, 1.807) is 27.7 Å². The second-order valence-corrected chi connectivity index (χ2v) is 14.8. The Labute approximate surface area is 230 Å². The van der Waals surface area contributed by atoms with Gasteiger partial charge in [0.1, 0.15) is 0 Å². The van der Waals surface area contributed by atoms with Crippen molar-refractivity contribution in [1.82, 2.24) is 5.32 Å². The van der Waals surface area contributed by atoms with Crippen molar-refractivity contribution in [3.63, 3.8) is 0 Å². The SMILES string of the molecule is CCCCCCCCCCCCCCCNC(c1ccccc1)P12(OC(=O)C(C)(C)O1)OC(=O)C(C)(C)O2. The first-order valence-corrected chi connectivity index (χ1v) is 16.7. The van der Waals surface area contributed by atoms with Crippen LogP contribution in [0.25, 0.3) is 0 Å². The van der Waals surface area contributed by atoms with Crippen LogP contribution in [0.15, 0.2) is 30.3 Å². The van der Waals surface area contributed by atoms with E-state index in [4.69, 9.17) is 18.1 Å².